The molecular formula is C13H17ClN2O. The minimum atomic E-state index is 0.0150. The molecule has 17 heavy (non-hydrogen) atoms. The van der Waals surface area contributed by atoms with E-state index in [9.17, 15) is 4.79 Å². The van der Waals surface area contributed by atoms with Gasteiger partial charge in [-0.25, -0.2) is 0 Å². The molecular weight excluding hydrogens is 236 g/mol. The van der Waals surface area contributed by atoms with E-state index in [0.717, 1.165) is 17.8 Å². The van der Waals surface area contributed by atoms with Crippen LogP contribution in [-0.4, -0.2) is 12.5 Å². The van der Waals surface area contributed by atoms with E-state index in [0.29, 0.717) is 17.5 Å². The van der Waals surface area contributed by atoms with Crippen molar-refractivity contribution in [2.45, 2.75) is 20.3 Å². The third-order valence-electron chi connectivity index (χ3n) is 2.91. The highest BCUT2D eigenvalue weighted by molar-refractivity contribution is 6.31. The average Bonchev–Trinajstić information content (AvgIpc) is 2.38. The zero-order chi connectivity index (χ0) is 12.4. The fourth-order valence-electron chi connectivity index (χ4n) is 2.09. The second-order valence-electron chi connectivity index (χ2n) is 4.89. The molecule has 3 nitrogen and oxygen atoms in total. The molecule has 1 heterocycles. The van der Waals surface area contributed by atoms with Gasteiger partial charge in [0, 0.05) is 11.6 Å². The summed E-state index contributed by atoms with van der Waals surface area (Å²) in [5, 5.41) is 6.86. The van der Waals surface area contributed by atoms with Gasteiger partial charge in [0.2, 0.25) is 5.91 Å². The number of anilines is 2. The van der Waals surface area contributed by atoms with Gasteiger partial charge in [-0.05, 0) is 30.5 Å². The summed E-state index contributed by atoms with van der Waals surface area (Å²) in [7, 11) is 0. The molecule has 0 fully saturated rings. The van der Waals surface area contributed by atoms with E-state index in [-0.39, 0.29) is 11.8 Å². The van der Waals surface area contributed by atoms with Gasteiger partial charge in [-0.15, -0.1) is 0 Å². The van der Waals surface area contributed by atoms with Crippen LogP contribution in [0.1, 0.15) is 20.3 Å². The molecule has 1 aliphatic rings. The van der Waals surface area contributed by atoms with Gasteiger partial charge in [0.15, 0.2) is 0 Å². The molecule has 0 saturated heterocycles. The Bertz CT molecular complexity index is 431. The lowest BCUT2D eigenvalue weighted by Crippen LogP contribution is -2.27. The number of rotatable bonds is 2. The molecule has 0 spiro atoms. The number of fused-ring (bicyclic) bond motifs is 1. The van der Waals surface area contributed by atoms with Gasteiger partial charge in [0.05, 0.1) is 17.3 Å². The zero-order valence-electron chi connectivity index (χ0n) is 10.1. The number of benzene rings is 1. The van der Waals surface area contributed by atoms with Crippen molar-refractivity contribution in [3.8, 4) is 0 Å². The van der Waals surface area contributed by atoms with Crippen LogP contribution in [0.5, 0.6) is 0 Å². The summed E-state index contributed by atoms with van der Waals surface area (Å²) in [6, 6.07) is 5.50. The van der Waals surface area contributed by atoms with E-state index in [4.69, 9.17) is 11.6 Å². The predicted octanol–water partition coefficient (Wildman–Crippen LogP) is 3.37. The SMILES string of the molecule is CC(C)CC1CNc2ccc(Cl)cc2NC1=O. The quantitative estimate of drug-likeness (QED) is 0.847. The summed E-state index contributed by atoms with van der Waals surface area (Å²) in [6.45, 7) is 4.93. The first-order chi connectivity index (χ1) is 8.06. The van der Waals surface area contributed by atoms with Crippen molar-refractivity contribution in [2.24, 2.45) is 11.8 Å². The first kappa shape index (κ1) is 12.2. The number of hydrogen-bond donors (Lipinski definition) is 2. The molecule has 0 saturated carbocycles. The first-order valence-electron chi connectivity index (χ1n) is 5.90. The largest absolute Gasteiger partial charge is 0.383 e. The summed E-state index contributed by atoms with van der Waals surface area (Å²) in [5.41, 5.74) is 1.71. The Hall–Kier alpha value is -1.22. The van der Waals surface area contributed by atoms with Crippen LogP contribution in [0, 0.1) is 11.8 Å². The number of nitrogens with one attached hydrogen (secondary N) is 2. The van der Waals surface area contributed by atoms with Gasteiger partial charge < -0.3 is 10.6 Å². The topological polar surface area (TPSA) is 41.1 Å². The van der Waals surface area contributed by atoms with E-state index < -0.39 is 0 Å². The molecule has 1 unspecified atom stereocenters. The van der Waals surface area contributed by atoms with Crippen LogP contribution in [0.15, 0.2) is 18.2 Å². The lowest BCUT2D eigenvalue weighted by molar-refractivity contribution is -0.119. The second kappa shape index (κ2) is 4.96. The molecule has 1 amide bonds. The maximum Gasteiger partial charge on any atom is 0.229 e. The number of carbonyl (C=O) groups excluding carboxylic acids is 1. The Balaban J connectivity index is 2.19. The summed E-state index contributed by atoms with van der Waals surface area (Å²) < 4.78 is 0. The summed E-state index contributed by atoms with van der Waals surface area (Å²) in [6.07, 6.45) is 0.889. The lowest BCUT2D eigenvalue weighted by Gasteiger charge is -2.15. The highest BCUT2D eigenvalue weighted by Gasteiger charge is 2.23. The average molecular weight is 253 g/mol. The highest BCUT2D eigenvalue weighted by atomic mass is 35.5. The lowest BCUT2D eigenvalue weighted by atomic mass is 9.96. The van der Waals surface area contributed by atoms with Crippen LogP contribution in [-0.2, 0) is 4.79 Å². The van der Waals surface area contributed by atoms with Crippen molar-refractivity contribution in [1.82, 2.24) is 0 Å². The predicted molar refractivity (Wildman–Crippen MR) is 71.5 cm³/mol. The Morgan fingerprint density at radius 1 is 1.41 bits per heavy atom. The van der Waals surface area contributed by atoms with Crippen LogP contribution in [0.2, 0.25) is 5.02 Å². The van der Waals surface area contributed by atoms with Crippen molar-refractivity contribution < 1.29 is 4.79 Å². The molecule has 0 bridgehead atoms. The minimum absolute atomic E-state index is 0.0150. The molecule has 92 valence electrons. The van der Waals surface area contributed by atoms with Crippen molar-refractivity contribution in [3.63, 3.8) is 0 Å². The van der Waals surface area contributed by atoms with Crippen LogP contribution >= 0.6 is 11.6 Å². The maximum absolute atomic E-state index is 12.0. The number of carbonyl (C=O) groups is 1. The van der Waals surface area contributed by atoms with Crippen molar-refractivity contribution in [2.75, 3.05) is 17.2 Å². The van der Waals surface area contributed by atoms with Crippen LogP contribution in [0.4, 0.5) is 11.4 Å². The zero-order valence-corrected chi connectivity index (χ0v) is 10.8. The maximum atomic E-state index is 12.0. The van der Waals surface area contributed by atoms with Gasteiger partial charge in [-0.2, -0.15) is 0 Å². The van der Waals surface area contributed by atoms with Gasteiger partial charge in [0.1, 0.15) is 0 Å². The second-order valence-corrected chi connectivity index (χ2v) is 5.32. The van der Waals surface area contributed by atoms with E-state index in [1.54, 1.807) is 6.07 Å². The molecule has 0 aromatic heterocycles. The molecule has 1 aliphatic heterocycles. The molecule has 1 aromatic carbocycles. The number of hydrogen-bond acceptors (Lipinski definition) is 2. The summed E-state index contributed by atoms with van der Waals surface area (Å²) in [4.78, 5) is 12.0. The van der Waals surface area contributed by atoms with Crippen LogP contribution in [0.3, 0.4) is 0 Å². The van der Waals surface area contributed by atoms with E-state index in [1.165, 1.54) is 0 Å². The third kappa shape index (κ3) is 2.91. The van der Waals surface area contributed by atoms with Crippen LogP contribution in [0.25, 0.3) is 0 Å². The normalized spacial score (nSPS) is 19.3. The number of amides is 1. The summed E-state index contributed by atoms with van der Waals surface area (Å²) >= 11 is 5.92. The van der Waals surface area contributed by atoms with Gasteiger partial charge >= 0.3 is 0 Å². The number of halogens is 1. The van der Waals surface area contributed by atoms with Gasteiger partial charge in [-0.3, -0.25) is 4.79 Å². The monoisotopic (exact) mass is 252 g/mol. The van der Waals surface area contributed by atoms with E-state index in [2.05, 4.69) is 24.5 Å². The van der Waals surface area contributed by atoms with E-state index in [1.807, 2.05) is 12.1 Å². The molecule has 0 aliphatic carbocycles. The Labute approximate surface area is 107 Å². The standard InChI is InChI=1S/C13H17ClN2O/c1-8(2)5-9-7-15-11-4-3-10(14)6-12(11)16-13(9)17/h3-4,6,8-9,15H,5,7H2,1-2H3,(H,16,17). The Morgan fingerprint density at radius 2 is 2.18 bits per heavy atom. The van der Waals surface area contributed by atoms with Crippen molar-refractivity contribution >= 4 is 28.9 Å². The molecule has 2 N–H and O–H groups in total. The molecule has 0 radical (unpaired) electrons. The Morgan fingerprint density at radius 3 is 2.88 bits per heavy atom. The third-order valence-corrected chi connectivity index (χ3v) is 3.14. The van der Waals surface area contributed by atoms with E-state index >= 15 is 0 Å². The van der Waals surface area contributed by atoms with Crippen LogP contribution < -0.4 is 10.6 Å². The van der Waals surface area contributed by atoms with Crippen molar-refractivity contribution in [3.05, 3.63) is 23.2 Å². The van der Waals surface area contributed by atoms with Gasteiger partial charge in [-0.1, -0.05) is 25.4 Å². The minimum Gasteiger partial charge on any atom is -0.383 e. The fraction of sp³-hybridized carbons (Fsp3) is 0.462. The molecule has 2 rings (SSSR count). The molecule has 1 aromatic rings. The smallest absolute Gasteiger partial charge is 0.229 e. The van der Waals surface area contributed by atoms with Gasteiger partial charge in [0.25, 0.3) is 0 Å². The first-order valence-corrected chi connectivity index (χ1v) is 6.28. The highest BCUT2D eigenvalue weighted by Crippen LogP contribution is 2.29. The summed E-state index contributed by atoms with van der Waals surface area (Å²) in [5.74, 6) is 0.603. The molecule has 4 heteroatoms. The Kier molecular flexibility index (Phi) is 3.57. The fourth-order valence-corrected chi connectivity index (χ4v) is 2.27. The van der Waals surface area contributed by atoms with Crippen molar-refractivity contribution in [1.29, 1.82) is 0 Å². The molecule has 1 atom stereocenters.